The zero-order valence-corrected chi connectivity index (χ0v) is 57.7. The maximum atomic E-state index is 14.2. The van der Waals surface area contributed by atoms with Gasteiger partial charge in [0.2, 0.25) is 0 Å². The van der Waals surface area contributed by atoms with Crippen molar-refractivity contribution in [3.63, 3.8) is 0 Å². The molecule has 1 aliphatic heterocycles. The largest absolute Gasteiger partial charge is 0.443 e. The maximum absolute atomic E-state index is 14.2. The van der Waals surface area contributed by atoms with E-state index in [2.05, 4.69) is 41.5 Å². The zero-order valence-electron chi connectivity index (χ0n) is 56.9. The minimum absolute atomic E-state index is 0. The molecule has 15 rings (SSSR count). The second-order valence-electron chi connectivity index (χ2n) is 28.9. The lowest BCUT2D eigenvalue weighted by molar-refractivity contribution is 0.0597. The molecular formula is C75H97ClF3N15O5. The summed E-state index contributed by atoms with van der Waals surface area (Å²) in [5, 5.41) is 56.5. The van der Waals surface area contributed by atoms with Crippen LogP contribution in [0.4, 0.5) is 52.6 Å². The Hall–Kier alpha value is -7.93. The van der Waals surface area contributed by atoms with Crippen molar-refractivity contribution in [2.45, 2.75) is 231 Å². The number of aryl methyl sites for hydroxylation is 3. The monoisotopic (exact) mass is 1380 g/mol. The molecule has 1 amide bonds. The Kier molecular flexibility index (Phi) is 23.2. The number of aliphatic hydroxyl groups is 3. The summed E-state index contributed by atoms with van der Waals surface area (Å²) in [6, 6.07) is 20.5. The molecule has 9 aromatic rings. The highest BCUT2D eigenvalue weighted by atomic mass is 35.5. The van der Waals surface area contributed by atoms with Crippen LogP contribution in [0, 0.1) is 38.2 Å². The highest BCUT2D eigenvalue weighted by Crippen LogP contribution is 2.42. The minimum atomic E-state index is -0.741. The van der Waals surface area contributed by atoms with E-state index in [1.54, 1.807) is 61.1 Å². The van der Waals surface area contributed by atoms with E-state index < -0.39 is 17.5 Å². The lowest BCUT2D eigenvalue weighted by Gasteiger charge is -2.28. The van der Waals surface area contributed by atoms with Crippen molar-refractivity contribution in [2.75, 3.05) is 33.9 Å². The molecule has 7 heterocycles. The van der Waals surface area contributed by atoms with Gasteiger partial charge in [0.05, 0.1) is 48.3 Å². The summed E-state index contributed by atoms with van der Waals surface area (Å²) < 4.78 is 53.0. The van der Waals surface area contributed by atoms with E-state index in [9.17, 15) is 28.2 Å². The molecule has 24 heteroatoms. The molecular weight excluding hydrogens is 1280 g/mol. The first kappa shape index (κ1) is 72.3. The van der Waals surface area contributed by atoms with Gasteiger partial charge in [0.15, 0.2) is 16.9 Å². The molecule has 530 valence electrons. The number of nitrogens with zero attached hydrogens (tertiary/aromatic N) is 10. The number of ether oxygens (including phenoxy) is 1. The molecule has 5 aliphatic carbocycles. The lowest BCUT2D eigenvalue weighted by atomic mass is 9.81. The summed E-state index contributed by atoms with van der Waals surface area (Å²) in [4.78, 5) is 28.8. The first-order valence-corrected chi connectivity index (χ1v) is 35.3. The van der Waals surface area contributed by atoms with Gasteiger partial charge in [-0.1, -0.05) is 44.4 Å². The summed E-state index contributed by atoms with van der Waals surface area (Å²) in [6.45, 7) is 12.3. The minimum Gasteiger partial charge on any atom is -0.443 e. The van der Waals surface area contributed by atoms with Gasteiger partial charge in [-0.25, -0.2) is 42.3 Å². The lowest BCUT2D eigenvalue weighted by Crippen LogP contribution is -2.45. The molecule has 9 N–H and O–H groups in total. The number of fused-ring (bicyclic) bond motifs is 3. The number of aliphatic hydroxyl groups excluding tert-OH is 3. The van der Waals surface area contributed by atoms with Gasteiger partial charge in [-0.05, 0) is 226 Å². The average Bonchev–Trinajstić information content (AvgIpc) is 1.64. The molecule has 1 saturated heterocycles. The Balaban J connectivity index is 0.000000141. The van der Waals surface area contributed by atoms with Crippen LogP contribution in [-0.2, 0) is 11.2 Å². The summed E-state index contributed by atoms with van der Waals surface area (Å²) in [7, 11) is 0. The average molecular weight is 1380 g/mol. The standard InChI is InChI=1S/C24H29FN4O.C22H24ClFN4O2.C22H27FN6O.C6H13NO.CH4/c1-15-8-16(10-18(25)9-15)11-20-13-23(27-19-6-3-7-21(30)12-19)28-24-22(14-26-29(20)24)17-4-2-5-17;1-13-8-15(24)10-16(9-13)27(21(29)30-22(2,3)4)19-11-18(23)26-20-17(12-25-28(19)20)14-6-5-7-14;1-13-5-15(23)7-16(6-13)27-21-9-20(26-17-8-18(30)11-24-10-17)28-22-19(12-25-29(21)22)14-3-2-4-14;7-5-2-1-3-6(8)4-5;/h8-10,13-14,17,19,21,30H,2-7,11-12H2,1H3,(H,27,28);8-12,14H,5-7H2,1-4H3;5-7,9,12,14,17-18,24,27,30H,2-4,8,10-11H2,1H3,(H,26,28);5-6,8H,1-4,7H2;1H4/t19-,21-;;17-,18-;5-,6-;/m1.01./s1. The topological polar surface area (TPSA) is 255 Å². The number of rotatable bonds is 13. The molecule has 5 saturated carbocycles. The molecule has 6 fully saturated rings. The number of piperidine rings is 1. The normalized spacial score (nSPS) is 21.1. The predicted octanol–water partition coefficient (Wildman–Crippen LogP) is 15.1. The Morgan fingerprint density at radius 3 is 1.69 bits per heavy atom. The van der Waals surface area contributed by atoms with Crippen molar-refractivity contribution in [1.29, 1.82) is 0 Å². The third-order valence-corrected chi connectivity index (χ3v) is 19.6. The fourth-order valence-electron chi connectivity index (χ4n) is 14.0. The van der Waals surface area contributed by atoms with Gasteiger partial charge in [-0.2, -0.15) is 24.3 Å². The molecule has 99 heavy (non-hydrogen) atoms. The predicted molar refractivity (Wildman–Crippen MR) is 384 cm³/mol. The second-order valence-corrected chi connectivity index (χ2v) is 29.3. The van der Waals surface area contributed by atoms with E-state index in [-0.39, 0.29) is 60.7 Å². The van der Waals surface area contributed by atoms with Crippen LogP contribution < -0.4 is 31.9 Å². The quantitative estimate of drug-likeness (QED) is 0.0500. The van der Waals surface area contributed by atoms with E-state index >= 15 is 0 Å². The fraction of sp³-hybridized carbons (Fsp3) is 0.507. The number of amides is 1. The number of hydrogen-bond donors (Lipinski definition) is 8. The smallest absolute Gasteiger partial charge is 0.420 e. The zero-order chi connectivity index (χ0) is 68.9. The van der Waals surface area contributed by atoms with Crippen molar-refractivity contribution in [3.8, 4) is 0 Å². The van der Waals surface area contributed by atoms with Crippen LogP contribution >= 0.6 is 11.6 Å². The van der Waals surface area contributed by atoms with Crippen LogP contribution in [0.25, 0.3) is 16.9 Å². The molecule has 0 bridgehead atoms. The highest BCUT2D eigenvalue weighted by molar-refractivity contribution is 6.30. The maximum Gasteiger partial charge on any atom is 0.420 e. The first-order chi connectivity index (χ1) is 47.0. The van der Waals surface area contributed by atoms with Gasteiger partial charge in [-0.15, -0.1) is 0 Å². The number of halogens is 4. The van der Waals surface area contributed by atoms with Gasteiger partial charge in [0.1, 0.15) is 51.5 Å². The van der Waals surface area contributed by atoms with Crippen LogP contribution in [0.15, 0.2) is 91.4 Å². The highest BCUT2D eigenvalue weighted by Gasteiger charge is 2.33. The number of carbonyl (C=O) groups is 1. The number of anilines is 6. The van der Waals surface area contributed by atoms with Crippen LogP contribution in [0.3, 0.4) is 0 Å². The number of nitrogens with one attached hydrogen (secondary N) is 4. The Morgan fingerprint density at radius 2 is 1.13 bits per heavy atom. The van der Waals surface area contributed by atoms with Crippen molar-refractivity contribution in [1.82, 2.24) is 49.1 Å². The SMILES string of the molecule is C.Cc1cc(F)cc(Cc2cc(N[C@@H]3CCC[C@@H](O)C3)nc3c(C4CCC4)cnn23)c1.Cc1cc(F)cc(N(C(=O)OC(C)(C)C)c2cc(Cl)nc3c(C4CCC4)cnn23)c1.Cc1cc(F)cc(Nc2cc(N[C@@H]3CNC[C@@H](O)C3)nc3c(C4CCC4)cnn23)c1.N[C@@H]1CCC[C@@H](O)C1. The van der Waals surface area contributed by atoms with Gasteiger partial charge < -0.3 is 47.1 Å². The third-order valence-electron chi connectivity index (χ3n) is 19.4. The number of carbonyl (C=O) groups excluding carboxylic acids is 1. The summed E-state index contributed by atoms with van der Waals surface area (Å²) >= 11 is 6.35. The van der Waals surface area contributed by atoms with E-state index in [0.717, 1.165) is 146 Å². The molecule has 0 radical (unpaired) electrons. The summed E-state index contributed by atoms with van der Waals surface area (Å²) in [5.41, 5.74) is 15.9. The second kappa shape index (κ2) is 31.7. The molecule has 20 nitrogen and oxygen atoms in total. The van der Waals surface area contributed by atoms with Crippen molar-refractivity contribution >= 4 is 69.3 Å². The number of nitrogens with two attached hydrogens (primary N) is 1. The van der Waals surface area contributed by atoms with Gasteiger partial charge in [-0.3, -0.25) is 0 Å². The molecule has 3 aromatic carbocycles. The molecule has 6 atom stereocenters. The van der Waals surface area contributed by atoms with Gasteiger partial charge in [0, 0.05) is 78.2 Å². The van der Waals surface area contributed by atoms with Crippen LogP contribution in [0.2, 0.25) is 5.15 Å². The van der Waals surface area contributed by atoms with Gasteiger partial charge >= 0.3 is 6.09 Å². The number of aromatic nitrogens is 9. The molecule has 6 aliphatic rings. The number of hydrogen-bond acceptors (Lipinski definition) is 16. The van der Waals surface area contributed by atoms with Crippen molar-refractivity contribution in [3.05, 3.63) is 159 Å². The number of β-amino-alcohol motifs (C(OH)–C–C–N with tert-alkyl or cyclic N) is 1. The van der Waals surface area contributed by atoms with Crippen LogP contribution in [-0.4, -0.2) is 120 Å². The van der Waals surface area contributed by atoms with Gasteiger partial charge in [0.25, 0.3) is 0 Å². The Labute approximate surface area is 582 Å². The summed E-state index contributed by atoms with van der Waals surface area (Å²) in [5.74, 6) is 3.08. The Morgan fingerprint density at radius 1 is 0.606 bits per heavy atom. The summed E-state index contributed by atoms with van der Waals surface area (Å²) in [6.07, 6.45) is 23.7. The fourth-order valence-corrected chi connectivity index (χ4v) is 14.2. The van der Waals surface area contributed by atoms with Crippen molar-refractivity contribution < 1.29 is 38.0 Å². The molecule has 0 spiro atoms. The van der Waals surface area contributed by atoms with E-state index in [1.165, 1.54) is 72.9 Å². The van der Waals surface area contributed by atoms with E-state index in [1.807, 2.05) is 55.0 Å². The van der Waals surface area contributed by atoms with E-state index in [4.69, 9.17) is 37.1 Å². The van der Waals surface area contributed by atoms with Crippen molar-refractivity contribution in [2.24, 2.45) is 5.73 Å². The van der Waals surface area contributed by atoms with Crippen LogP contribution in [0.5, 0.6) is 0 Å². The third kappa shape index (κ3) is 18.2. The number of benzene rings is 3. The molecule has 6 aromatic heterocycles. The molecule has 0 unspecified atom stereocenters. The van der Waals surface area contributed by atoms with Crippen LogP contribution in [0.1, 0.15) is 206 Å². The Bertz CT molecular complexity index is 4020. The van der Waals surface area contributed by atoms with E-state index in [0.29, 0.717) is 65.5 Å². The first-order valence-electron chi connectivity index (χ1n) is 35.0.